The van der Waals surface area contributed by atoms with E-state index in [9.17, 15) is 9.18 Å². The van der Waals surface area contributed by atoms with Gasteiger partial charge in [0, 0.05) is 28.9 Å². The molecular weight excluding hydrogens is 469 g/mol. The number of benzene rings is 3. The molecule has 0 bridgehead atoms. The molecule has 5 rings (SSSR count). The number of aliphatic carboxylic acids is 1. The van der Waals surface area contributed by atoms with Crippen LogP contribution in [0, 0.1) is 5.82 Å². The van der Waals surface area contributed by atoms with Gasteiger partial charge in [-0.1, -0.05) is 48.0 Å². The summed E-state index contributed by atoms with van der Waals surface area (Å²) in [7, 11) is 0. The van der Waals surface area contributed by atoms with E-state index >= 15 is 0 Å². The molecule has 2 heterocycles. The predicted octanol–water partition coefficient (Wildman–Crippen LogP) is 6.12. The Bertz CT molecular complexity index is 1600. The van der Waals surface area contributed by atoms with Crippen molar-refractivity contribution in [3.8, 4) is 16.9 Å². The van der Waals surface area contributed by atoms with Crippen LogP contribution >= 0.6 is 11.6 Å². The van der Waals surface area contributed by atoms with Crippen LogP contribution in [-0.4, -0.2) is 30.8 Å². The van der Waals surface area contributed by atoms with Gasteiger partial charge in [0.05, 0.1) is 16.7 Å². The number of anilines is 2. The van der Waals surface area contributed by atoms with Gasteiger partial charge in [0.25, 0.3) is 0 Å². The molecule has 3 aromatic carbocycles. The lowest BCUT2D eigenvalue weighted by atomic mass is 10.0. The van der Waals surface area contributed by atoms with Crippen LogP contribution in [0.5, 0.6) is 0 Å². The van der Waals surface area contributed by atoms with Crippen molar-refractivity contribution in [2.75, 3.05) is 5.32 Å². The number of carbonyl (C=O) groups is 1. The van der Waals surface area contributed by atoms with Gasteiger partial charge in [0.1, 0.15) is 5.82 Å². The van der Waals surface area contributed by atoms with Crippen LogP contribution in [0.2, 0.25) is 5.02 Å². The molecule has 9 heteroatoms. The molecule has 172 valence electrons. The molecular formula is C26H17ClFN5O2. The first-order valence-corrected chi connectivity index (χ1v) is 10.9. The Hall–Kier alpha value is -4.56. The summed E-state index contributed by atoms with van der Waals surface area (Å²) >= 11 is 5.91. The molecule has 7 nitrogen and oxygen atoms in total. The van der Waals surface area contributed by atoms with Crippen molar-refractivity contribution in [1.29, 1.82) is 0 Å². The Balaban J connectivity index is 1.63. The number of aromatic nitrogens is 4. The van der Waals surface area contributed by atoms with E-state index in [1.165, 1.54) is 18.2 Å². The van der Waals surface area contributed by atoms with Crippen LogP contribution in [0.1, 0.15) is 5.56 Å². The molecule has 5 aromatic rings. The number of carboxylic acid groups (broad SMARTS) is 1. The van der Waals surface area contributed by atoms with Crippen molar-refractivity contribution in [2.24, 2.45) is 0 Å². The first-order chi connectivity index (χ1) is 17.0. The minimum absolute atomic E-state index is 0.0175. The first kappa shape index (κ1) is 22.2. The second-order valence-electron chi connectivity index (χ2n) is 7.60. The Morgan fingerprint density at radius 2 is 1.91 bits per heavy atom. The molecule has 2 aromatic heterocycles. The molecule has 0 aliphatic carbocycles. The van der Waals surface area contributed by atoms with E-state index < -0.39 is 11.8 Å². The van der Waals surface area contributed by atoms with Crippen LogP contribution in [-0.2, 0) is 4.79 Å². The Labute approximate surface area is 204 Å². The number of nitrogens with zero attached hydrogens (tertiary/aromatic N) is 4. The lowest BCUT2D eigenvalue weighted by Crippen LogP contribution is -2.06. The highest BCUT2D eigenvalue weighted by Crippen LogP contribution is 2.30. The van der Waals surface area contributed by atoms with Crippen molar-refractivity contribution in [2.45, 2.75) is 0 Å². The number of fused-ring (bicyclic) bond motifs is 1. The van der Waals surface area contributed by atoms with E-state index in [1.807, 2.05) is 42.5 Å². The summed E-state index contributed by atoms with van der Waals surface area (Å²) in [5.74, 6) is -0.767. The normalized spacial score (nSPS) is 11.3. The summed E-state index contributed by atoms with van der Waals surface area (Å²) in [6.07, 6.45) is 6.01. The zero-order chi connectivity index (χ0) is 24.4. The van der Waals surface area contributed by atoms with Gasteiger partial charge in [-0.2, -0.15) is 10.1 Å². The van der Waals surface area contributed by atoms with Crippen LogP contribution < -0.4 is 5.32 Å². The van der Waals surface area contributed by atoms with Gasteiger partial charge in [-0.3, -0.25) is 0 Å². The molecule has 0 saturated carbocycles. The van der Waals surface area contributed by atoms with Gasteiger partial charge in [-0.05, 0) is 47.5 Å². The van der Waals surface area contributed by atoms with Crippen molar-refractivity contribution >= 4 is 46.2 Å². The van der Waals surface area contributed by atoms with Gasteiger partial charge in [-0.25, -0.2) is 18.9 Å². The van der Waals surface area contributed by atoms with E-state index in [1.54, 1.807) is 29.2 Å². The van der Waals surface area contributed by atoms with E-state index in [0.29, 0.717) is 22.6 Å². The van der Waals surface area contributed by atoms with E-state index in [2.05, 4.69) is 15.4 Å². The molecule has 0 spiro atoms. The summed E-state index contributed by atoms with van der Waals surface area (Å²) in [5.41, 5.74) is 3.56. The highest BCUT2D eigenvalue weighted by Gasteiger charge is 2.15. The molecule has 2 N–H and O–H groups in total. The van der Waals surface area contributed by atoms with Gasteiger partial charge in [0.2, 0.25) is 5.95 Å². The van der Waals surface area contributed by atoms with E-state index in [-0.39, 0.29) is 11.0 Å². The number of nitrogens with one attached hydrogen (secondary N) is 1. The molecule has 0 unspecified atom stereocenters. The summed E-state index contributed by atoms with van der Waals surface area (Å²) in [4.78, 5) is 20.1. The van der Waals surface area contributed by atoms with Gasteiger partial charge in [-0.15, -0.1) is 0 Å². The highest BCUT2D eigenvalue weighted by atomic mass is 35.5. The minimum atomic E-state index is -1.03. The van der Waals surface area contributed by atoms with Gasteiger partial charge in [0.15, 0.2) is 5.82 Å². The molecule has 0 fully saturated rings. The largest absolute Gasteiger partial charge is 0.478 e. The zero-order valence-electron chi connectivity index (χ0n) is 18.1. The second-order valence-corrected chi connectivity index (χ2v) is 8.00. The lowest BCUT2D eigenvalue weighted by Gasteiger charge is -2.13. The average molecular weight is 486 g/mol. The van der Waals surface area contributed by atoms with E-state index in [0.717, 1.165) is 22.5 Å². The quantitative estimate of drug-likeness (QED) is 0.282. The Morgan fingerprint density at radius 1 is 1.06 bits per heavy atom. The number of rotatable bonds is 6. The predicted molar refractivity (Wildman–Crippen MR) is 133 cm³/mol. The monoisotopic (exact) mass is 485 g/mol. The van der Waals surface area contributed by atoms with Crippen molar-refractivity contribution < 1.29 is 14.3 Å². The topological polar surface area (TPSA) is 92.9 Å². The number of para-hydroxylation sites is 1. The maximum Gasteiger partial charge on any atom is 0.328 e. The molecule has 0 saturated heterocycles. The summed E-state index contributed by atoms with van der Waals surface area (Å²) in [6.45, 7) is 0. The third-order valence-corrected chi connectivity index (χ3v) is 5.53. The third-order valence-electron chi connectivity index (χ3n) is 5.24. The fourth-order valence-corrected chi connectivity index (χ4v) is 3.80. The molecule has 0 amide bonds. The Morgan fingerprint density at radius 3 is 2.74 bits per heavy atom. The van der Waals surface area contributed by atoms with Crippen molar-refractivity contribution in [3.63, 3.8) is 0 Å². The standard InChI is InChI=1S/C26H17ClFN5O2/c27-21-13-19(9-10-22(21)28)31-26-29-15-20(17-6-3-4-16(12-17)8-11-24(34)35)25(32-26)33-23-7-2-1-5-18(23)14-30-33/h1-15H,(H,34,35)(H,29,31,32)/b11-8+. The zero-order valence-corrected chi connectivity index (χ0v) is 18.8. The van der Waals surface area contributed by atoms with Gasteiger partial charge >= 0.3 is 5.97 Å². The number of halogens is 2. The molecule has 0 atom stereocenters. The third kappa shape index (κ3) is 4.73. The maximum absolute atomic E-state index is 13.6. The maximum atomic E-state index is 13.6. The van der Waals surface area contributed by atoms with E-state index in [4.69, 9.17) is 21.7 Å². The minimum Gasteiger partial charge on any atom is -0.478 e. The first-order valence-electron chi connectivity index (χ1n) is 10.5. The molecule has 0 aliphatic rings. The SMILES string of the molecule is O=C(O)/C=C/c1cccc(-c2cnc(Nc3ccc(F)c(Cl)c3)nc2-n2ncc3ccccc32)c1. The van der Waals surface area contributed by atoms with Crippen LogP contribution in [0.25, 0.3) is 33.9 Å². The van der Waals surface area contributed by atoms with Crippen molar-refractivity contribution in [3.05, 3.63) is 102 Å². The number of hydrogen-bond donors (Lipinski definition) is 2. The molecule has 0 radical (unpaired) electrons. The average Bonchev–Trinajstić information content (AvgIpc) is 3.29. The number of carboxylic acids is 1. The fourth-order valence-electron chi connectivity index (χ4n) is 3.62. The summed E-state index contributed by atoms with van der Waals surface area (Å²) in [6, 6.07) is 19.4. The fraction of sp³-hybridized carbons (Fsp3) is 0. The smallest absolute Gasteiger partial charge is 0.328 e. The summed E-state index contributed by atoms with van der Waals surface area (Å²) < 4.78 is 15.3. The lowest BCUT2D eigenvalue weighted by molar-refractivity contribution is -0.131. The van der Waals surface area contributed by atoms with Crippen LogP contribution in [0.15, 0.2) is 85.2 Å². The van der Waals surface area contributed by atoms with Crippen LogP contribution in [0.4, 0.5) is 16.0 Å². The summed E-state index contributed by atoms with van der Waals surface area (Å²) in [5, 5.41) is 17.5. The highest BCUT2D eigenvalue weighted by molar-refractivity contribution is 6.31. The molecule has 0 aliphatic heterocycles. The van der Waals surface area contributed by atoms with Gasteiger partial charge < -0.3 is 10.4 Å². The number of hydrogen-bond acceptors (Lipinski definition) is 5. The van der Waals surface area contributed by atoms with Crippen molar-refractivity contribution in [1.82, 2.24) is 19.7 Å². The van der Waals surface area contributed by atoms with Crippen LogP contribution in [0.3, 0.4) is 0 Å². The second kappa shape index (κ2) is 9.36. The Kier molecular flexibility index (Phi) is 5.95. The molecule has 35 heavy (non-hydrogen) atoms.